The van der Waals surface area contributed by atoms with Gasteiger partial charge in [-0.25, -0.2) is 0 Å². The van der Waals surface area contributed by atoms with Crippen molar-refractivity contribution in [1.82, 2.24) is 9.97 Å². The van der Waals surface area contributed by atoms with Crippen LogP contribution in [0.5, 0.6) is 0 Å². The predicted molar refractivity (Wildman–Crippen MR) is 70.0 cm³/mol. The lowest BCUT2D eigenvalue weighted by Crippen LogP contribution is -2.00. The van der Waals surface area contributed by atoms with Gasteiger partial charge in [0.15, 0.2) is 0 Å². The van der Waals surface area contributed by atoms with Gasteiger partial charge in [0.1, 0.15) is 0 Å². The quantitative estimate of drug-likeness (QED) is 0.882. The number of hydrogen-bond acceptors (Lipinski definition) is 3. The van der Waals surface area contributed by atoms with E-state index in [0.717, 1.165) is 29.7 Å². The monoisotopic (exact) mass is 260 g/mol. The van der Waals surface area contributed by atoms with Crippen molar-refractivity contribution in [2.45, 2.75) is 32.3 Å². The van der Waals surface area contributed by atoms with Gasteiger partial charge >= 0.3 is 5.97 Å². The molecule has 0 saturated heterocycles. The lowest BCUT2D eigenvalue weighted by atomic mass is 10.0. The SMILES string of the molecule is O=C(O)CCCc1[nH]c2ccnc3c2c1CCOC3. The number of aromatic nitrogens is 2. The molecule has 0 atom stereocenters. The van der Waals surface area contributed by atoms with E-state index in [1.807, 2.05) is 6.07 Å². The highest BCUT2D eigenvalue weighted by atomic mass is 16.5. The molecule has 0 saturated carbocycles. The van der Waals surface area contributed by atoms with Crippen LogP contribution in [0.2, 0.25) is 0 Å². The van der Waals surface area contributed by atoms with Gasteiger partial charge in [0.05, 0.1) is 18.9 Å². The number of nitrogens with one attached hydrogen (secondary N) is 1. The number of carbonyl (C=O) groups is 1. The van der Waals surface area contributed by atoms with Gasteiger partial charge in [0, 0.05) is 29.2 Å². The highest BCUT2D eigenvalue weighted by Gasteiger charge is 2.18. The number of carboxylic acids is 1. The third kappa shape index (κ3) is 2.33. The molecule has 2 aromatic heterocycles. The number of carboxylic acid groups (broad SMARTS) is 1. The summed E-state index contributed by atoms with van der Waals surface area (Å²) >= 11 is 0. The lowest BCUT2D eigenvalue weighted by molar-refractivity contribution is -0.137. The van der Waals surface area contributed by atoms with E-state index in [4.69, 9.17) is 9.84 Å². The fraction of sp³-hybridized carbons (Fsp3) is 0.429. The van der Waals surface area contributed by atoms with Gasteiger partial charge in [-0.1, -0.05) is 0 Å². The van der Waals surface area contributed by atoms with Crippen molar-refractivity contribution >= 4 is 16.9 Å². The summed E-state index contributed by atoms with van der Waals surface area (Å²) in [6, 6.07) is 1.97. The molecule has 3 heterocycles. The van der Waals surface area contributed by atoms with Gasteiger partial charge in [-0.05, 0) is 30.9 Å². The number of aromatic amines is 1. The van der Waals surface area contributed by atoms with Gasteiger partial charge in [-0.3, -0.25) is 9.78 Å². The average molecular weight is 260 g/mol. The van der Waals surface area contributed by atoms with Gasteiger partial charge in [0.2, 0.25) is 0 Å². The molecule has 1 aliphatic heterocycles. The van der Waals surface area contributed by atoms with Crippen LogP contribution in [0.4, 0.5) is 0 Å². The third-order valence-electron chi connectivity index (χ3n) is 3.53. The first-order valence-electron chi connectivity index (χ1n) is 6.52. The number of rotatable bonds is 4. The Bertz CT molecular complexity index is 618. The highest BCUT2D eigenvalue weighted by molar-refractivity contribution is 5.87. The second-order valence-corrected chi connectivity index (χ2v) is 4.81. The van der Waals surface area contributed by atoms with Gasteiger partial charge in [-0.2, -0.15) is 0 Å². The summed E-state index contributed by atoms with van der Waals surface area (Å²) < 4.78 is 5.55. The highest BCUT2D eigenvalue weighted by Crippen LogP contribution is 2.28. The van der Waals surface area contributed by atoms with Crippen LogP contribution >= 0.6 is 0 Å². The number of aryl methyl sites for hydroxylation is 1. The molecule has 0 amide bonds. The molecule has 0 radical (unpaired) electrons. The molecular formula is C14H16N2O3. The van der Waals surface area contributed by atoms with E-state index in [9.17, 15) is 4.79 Å². The van der Waals surface area contributed by atoms with Crippen LogP contribution in [0, 0.1) is 0 Å². The van der Waals surface area contributed by atoms with Gasteiger partial charge in [0.25, 0.3) is 0 Å². The van der Waals surface area contributed by atoms with Crippen LogP contribution in [0.25, 0.3) is 10.9 Å². The Balaban J connectivity index is 1.95. The second kappa shape index (κ2) is 5.01. The van der Waals surface area contributed by atoms with E-state index in [1.54, 1.807) is 6.20 Å². The van der Waals surface area contributed by atoms with E-state index < -0.39 is 5.97 Å². The molecule has 19 heavy (non-hydrogen) atoms. The smallest absolute Gasteiger partial charge is 0.303 e. The standard InChI is InChI=1S/C14H16N2O3/c17-13(18)3-1-2-10-9-5-7-19-8-12-14(9)11(16-10)4-6-15-12/h4,6,16H,1-3,5,7-8H2,(H,17,18). The minimum atomic E-state index is -0.743. The molecule has 0 aromatic carbocycles. The zero-order valence-electron chi connectivity index (χ0n) is 10.6. The fourth-order valence-electron chi connectivity index (χ4n) is 2.69. The molecule has 0 fully saturated rings. The van der Waals surface area contributed by atoms with Crippen molar-refractivity contribution in [3.63, 3.8) is 0 Å². The summed E-state index contributed by atoms with van der Waals surface area (Å²) in [5.41, 5.74) is 4.44. The number of ether oxygens (including phenoxy) is 1. The van der Waals surface area contributed by atoms with Crippen LogP contribution in [-0.4, -0.2) is 27.7 Å². The molecule has 100 valence electrons. The average Bonchev–Trinajstić information content (AvgIpc) is 2.58. The summed E-state index contributed by atoms with van der Waals surface area (Å²) in [4.78, 5) is 18.4. The van der Waals surface area contributed by atoms with Crippen LogP contribution in [0.15, 0.2) is 12.3 Å². The minimum absolute atomic E-state index is 0.205. The number of H-pyrrole nitrogens is 1. The molecule has 2 N–H and O–H groups in total. The fourth-order valence-corrected chi connectivity index (χ4v) is 2.69. The molecule has 2 aromatic rings. The molecule has 0 unspecified atom stereocenters. The van der Waals surface area contributed by atoms with Crippen LogP contribution in [-0.2, 0) is 29.0 Å². The Labute approximate surface area is 110 Å². The molecule has 0 aliphatic carbocycles. The van der Waals surface area contributed by atoms with E-state index in [0.29, 0.717) is 19.6 Å². The normalized spacial score (nSPS) is 14.5. The zero-order chi connectivity index (χ0) is 13.2. The van der Waals surface area contributed by atoms with E-state index in [2.05, 4.69) is 9.97 Å². The van der Waals surface area contributed by atoms with Crippen LogP contribution in [0.3, 0.4) is 0 Å². The van der Waals surface area contributed by atoms with E-state index >= 15 is 0 Å². The molecule has 0 spiro atoms. The van der Waals surface area contributed by atoms with E-state index in [-0.39, 0.29) is 6.42 Å². The number of hydrogen-bond donors (Lipinski definition) is 2. The Hall–Kier alpha value is -1.88. The van der Waals surface area contributed by atoms with Crippen LogP contribution < -0.4 is 0 Å². The Morgan fingerprint density at radius 3 is 3.26 bits per heavy atom. The van der Waals surface area contributed by atoms with Crippen molar-refractivity contribution in [3.05, 3.63) is 29.2 Å². The third-order valence-corrected chi connectivity index (χ3v) is 3.53. The Kier molecular flexibility index (Phi) is 3.21. The Morgan fingerprint density at radius 2 is 2.42 bits per heavy atom. The lowest BCUT2D eigenvalue weighted by Gasteiger charge is -2.02. The minimum Gasteiger partial charge on any atom is -0.481 e. The summed E-state index contributed by atoms with van der Waals surface area (Å²) in [6.45, 7) is 1.24. The second-order valence-electron chi connectivity index (χ2n) is 4.81. The molecule has 5 nitrogen and oxygen atoms in total. The summed E-state index contributed by atoms with van der Waals surface area (Å²) in [7, 11) is 0. The molecular weight excluding hydrogens is 244 g/mol. The zero-order valence-corrected chi connectivity index (χ0v) is 10.6. The maximum atomic E-state index is 10.6. The summed E-state index contributed by atoms with van der Waals surface area (Å²) in [5.74, 6) is -0.743. The first-order valence-corrected chi connectivity index (χ1v) is 6.52. The molecule has 5 heteroatoms. The topological polar surface area (TPSA) is 75.2 Å². The summed E-state index contributed by atoms with van der Waals surface area (Å²) in [6.07, 6.45) is 4.26. The predicted octanol–water partition coefficient (Wildman–Crippen LogP) is 2.04. The van der Waals surface area contributed by atoms with Crippen molar-refractivity contribution in [2.24, 2.45) is 0 Å². The summed E-state index contributed by atoms with van der Waals surface area (Å²) in [5, 5.41) is 9.89. The molecule has 3 rings (SSSR count). The number of nitrogens with zero attached hydrogens (tertiary/aromatic N) is 1. The van der Waals surface area contributed by atoms with Gasteiger partial charge < -0.3 is 14.8 Å². The van der Waals surface area contributed by atoms with Crippen molar-refractivity contribution < 1.29 is 14.6 Å². The number of aliphatic carboxylic acids is 1. The Morgan fingerprint density at radius 1 is 1.53 bits per heavy atom. The maximum Gasteiger partial charge on any atom is 0.303 e. The first-order chi connectivity index (χ1) is 9.25. The van der Waals surface area contributed by atoms with Crippen molar-refractivity contribution in [1.29, 1.82) is 0 Å². The maximum absolute atomic E-state index is 10.6. The molecule has 0 bridgehead atoms. The van der Waals surface area contributed by atoms with Crippen molar-refractivity contribution in [2.75, 3.05) is 6.61 Å². The largest absolute Gasteiger partial charge is 0.481 e. The van der Waals surface area contributed by atoms with Crippen LogP contribution in [0.1, 0.15) is 29.8 Å². The molecule has 1 aliphatic rings. The van der Waals surface area contributed by atoms with Gasteiger partial charge in [-0.15, -0.1) is 0 Å². The number of pyridine rings is 1. The van der Waals surface area contributed by atoms with Crippen molar-refractivity contribution in [3.8, 4) is 0 Å². The van der Waals surface area contributed by atoms with E-state index in [1.165, 1.54) is 10.9 Å². The first kappa shape index (κ1) is 12.2.